The van der Waals surface area contributed by atoms with E-state index in [-0.39, 0.29) is 12.5 Å². The molecular formula is C9H19NO3. The maximum atomic E-state index is 10.4. The minimum atomic E-state index is -0.832. The zero-order valence-corrected chi connectivity index (χ0v) is 8.66. The molecule has 0 amide bonds. The molecule has 0 saturated heterocycles. The second kappa shape index (κ2) is 4.58. The van der Waals surface area contributed by atoms with Crippen molar-refractivity contribution < 1.29 is 15.0 Å². The summed E-state index contributed by atoms with van der Waals surface area (Å²) in [6, 6.07) is -0.137. The van der Waals surface area contributed by atoms with Gasteiger partial charge in [0.05, 0.1) is 12.5 Å². The molecule has 0 aliphatic carbocycles. The van der Waals surface area contributed by atoms with Crippen molar-refractivity contribution in [2.24, 2.45) is 0 Å². The third-order valence-corrected chi connectivity index (χ3v) is 2.14. The standard InChI is InChI=1S/C9H19NO3/c1-6(5-8(12)13)10-9(3,4)7(2)11/h6-7,10-11H,5H2,1-4H3,(H,12,13). The van der Waals surface area contributed by atoms with Crippen molar-refractivity contribution in [1.29, 1.82) is 0 Å². The Balaban J connectivity index is 4.03. The Kier molecular flexibility index (Phi) is 4.36. The Bertz CT molecular complexity index is 178. The summed E-state index contributed by atoms with van der Waals surface area (Å²) in [7, 11) is 0. The van der Waals surface area contributed by atoms with Gasteiger partial charge in [-0.2, -0.15) is 0 Å². The maximum absolute atomic E-state index is 10.4. The molecule has 13 heavy (non-hydrogen) atoms. The van der Waals surface area contributed by atoms with Gasteiger partial charge in [-0.15, -0.1) is 0 Å². The molecule has 0 saturated carbocycles. The van der Waals surface area contributed by atoms with E-state index < -0.39 is 17.6 Å². The second-order valence-corrected chi connectivity index (χ2v) is 4.04. The van der Waals surface area contributed by atoms with Crippen molar-refractivity contribution in [2.45, 2.75) is 51.8 Å². The minimum absolute atomic E-state index is 0.0656. The Morgan fingerprint density at radius 2 is 1.92 bits per heavy atom. The molecule has 0 rings (SSSR count). The Labute approximate surface area is 79.0 Å². The Morgan fingerprint density at radius 1 is 1.46 bits per heavy atom. The van der Waals surface area contributed by atoms with Gasteiger partial charge in [0.15, 0.2) is 0 Å². The van der Waals surface area contributed by atoms with Crippen LogP contribution in [-0.2, 0) is 4.79 Å². The monoisotopic (exact) mass is 189 g/mol. The molecule has 0 aliphatic rings. The second-order valence-electron chi connectivity index (χ2n) is 4.04. The third-order valence-electron chi connectivity index (χ3n) is 2.14. The first-order valence-corrected chi connectivity index (χ1v) is 4.43. The number of aliphatic carboxylic acids is 1. The van der Waals surface area contributed by atoms with Gasteiger partial charge in [0.25, 0.3) is 0 Å². The number of hydrogen-bond acceptors (Lipinski definition) is 3. The van der Waals surface area contributed by atoms with Crippen molar-refractivity contribution in [3.63, 3.8) is 0 Å². The van der Waals surface area contributed by atoms with E-state index in [2.05, 4.69) is 5.32 Å². The van der Waals surface area contributed by atoms with Gasteiger partial charge >= 0.3 is 5.97 Å². The van der Waals surface area contributed by atoms with Gasteiger partial charge in [-0.1, -0.05) is 0 Å². The molecule has 0 bridgehead atoms. The highest BCUT2D eigenvalue weighted by atomic mass is 16.4. The van der Waals surface area contributed by atoms with E-state index >= 15 is 0 Å². The normalized spacial score (nSPS) is 16.7. The van der Waals surface area contributed by atoms with Gasteiger partial charge < -0.3 is 15.5 Å². The summed E-state index contributed by atoms with van der Waals surface area (Å²) in [5, 5.41) is 20.9. The summed E-state index contributed by atoms with van der Waals surface area (Å²) in [6.45, 7) is 7.16. The summed E-state index contributed by atoms with van der Waals surface area (Å²) in [6.07, 6.45) is -0.445. The first-order chi connectivity index (χ1) is 5.75. The van der Waals surface area contributed by atoms with Crippen molar-refractivity contribution in [3.05, 3.63) is 0 Å². The lowest BCUT2D eigenvalue weighted by Gasteiger charge is -2.32. The zero-order chi connectivity index (χ0) is 10.6. The summed E-state index contributed by atoms with van der Waals surface area (Å²) in [5.74, 6) is -0.832. The fourth-order valence-electron chi connectivity index (χ4n) is 1.07. The van der Waals surface area contributed by atoms with E-state index in [1.807, 2.05) is 13.8 Å². The number of aliphatic hydroxyl groups excluding tert-OH is 1. The van der Waals surface area contributed by atoms with Gasteiger partial charge in [-0.3, -0.25) is 4.79 Å². The van der Waals surface area contributed by atoms with Crippen LogP contribution in [0.1, 0.15) is 34.1 Å². The van der Waals surface area contributed by atoms with Crippen LogP contribution < -0.4 is 5.32 Å². The summed E-state index contributed by atoms with van der Waals surface area (Å²) < 4.78 is 0. The van der Waals surface area contributed by atoms with E-state index in [1.165, 1.54) is 0 Å². The summed E-state index contributed by atoms with van der Waals surface area (Å²) in [4.78, 5) is 10.4. The highest BCUT2D eigenvalue weighted by Gasteiger charge is 2.25. The number of hydrogen-bond donors (Lipinski definition) is 3. The van der Waals surface area contributed by atoms with Crippen LogP contribution in [0, 0.1) is 0 Å². The van der Waals surface area contributed by atoms with Crippen LogP contribution in [0.2, 0.25) is 0 Å². The Morgan fingerprint density at radius 3 is 2.23 bits per heavy atom. The largest absolute Gasteiger partial charge is 0.481 e. The van der Waals surface area contributed by atoms with Crippen molar-refractivity contribution >= 4 is 5.97 Å². The topological polar surface area (TPSA) is 69.6 Å². The van der Waals surface area contributed by atoms with Crippen LogP contribution in [0.5, 0.6) is 0 Å². The molecule has 0 aromatic carbocycles. The first kappa shape index (κ1) is 12.4. The van der Waals surface area contributed by atoms with Crippen molar-refractivity contribution in [1.82, 2.24) is 5.32 Å². The molecule has 2 atom stereocenters. The highest BCUT2D eigenvalue weighted by molar-refractivity contribution is 5.67. The van der Waals surface area contributed by atoms with Gasteiger partial charge in [0.2, 0.25) is 0 Å². The van der Waals surface area contributed by atoms with E-state index in [4.69, 9.17) is 5.11 Å². The molecule has 4 heteroatoms. The molecule has 78 valence electrons. The predicted molar refractivity (Wildman–Crippen MR) is 50.6 cm³/mol. The first-order valence-electron chi connectivity index (χ1n) is 4.43. The summed E-state index contributed by atoms with van der Waals surface area (Å²) >= 11 is 0. The number of carboxylic acid groups (broad SMARTS) is 1. The zero-order valence-electron chi connectivity index (χ0n) is 8.66. The smallest absolute Gasteiger partial charge is 0.304 e. The lowest BCUT2D eigenvalue weighted by molar-refractivity contribution is -0.137. The lowest BCUT2D eigenvalue weighted by atomic mass is 9.97. The van der Waals surface area contributed by atoms with E-state index in [1.54, 1.807) is 13.8 Å². The maximum Gasteiger partial charge on any atom is 0.304 e. The van der Waals surface area contributed by atoms with Gasteiger partial charge in [0.1, 0.15) is 0 Å². The number of aliphatic hydroxyl groups is 1. The van der Waals surface area contributed by atoms with E-state index in [9.17, 15) is 9.90 Å². The van der Waals surface area contributed by atoms with Crippen molar-refractivity contribution in [2.75, 3.05) is 0 Å². The molecule has 0 aliphatic heterocycles. The SMILES string of the molecule is CC(CC(=O)O)NC(C)(C)C(C)O. The van der Waals surface area contributed by atoms with Gasteiger partial charge in [0, 0.05) is 11.6 Å². The Hall–Kier alpha value is -0.610. The molecule has 0 fully saturated rings. The van der Waals surface area contributed by atoms with Crippen LogP contribution in [0.3, 0.4) is 0 Å². The molecule has 2 unspecified atom stereocenters. The van der Waals surface area contributed by atoms with Crippen molar-refractivity contribution in [3.8, 4) is 0 Å². The molecule has 0 spiro atoms. The fourth-order valence-corrected chi connectivity index (χ4v) is 1.07. The van der Waals surface area contributed by atoms with Gasteiger partial charge in [-0.05, 0) is 27.7 Å². The average molecular weight is 189 g/mol. The molecule has 0 aromatic rings. The average Bonchev–Trinajstić information content (AvgIpc) is 1.82. The predicted octanol–water partition coefficient (Wildman–Crippen LogP) is 0.599. The molecule has 3 N–H and O–H groups in total. The van der Waals surface area contributed by atoms with Gasteiger partial charge in [-0.25, -0.2) is 0 Å². The molecule has 4 nitrogen and oxygen atoms in total. The third kappa shape index (κ3) is 4.85. The fraction of sp³-hybridized carbons (Fsp3) is 0.889. The summed E-state index contributed by atoms with van der Waals surface area (Å²) in [5.41, 5.74) is -0.450. The number of carboxylic acids is 1. The lowest BCUT2D eigenvalue weighted by Crippen LogP contribution is -2.52. The molecular weight excluding hydrogens is 170 g/mol. The number of carbonyl (C=O) groups is 1. The van der Waals surface area contributed by atoms with Crippen LogP contribution >= 0.6 is 0 Å². The number of nitrogens with one attached hydrogen (secondary N) is 1. The van der Waals surface area contributed by atoms with Crippen LogP contribution in [0.4, 0.5) is 0 Å². The minimum Gasteiger partial charge on any atom is -0.481 e. The quantitative estimate of drug-likeness (QED) is 0.592. The van der Waals surface area contributed by atoms with E-state index in [0.29, 0.717) is 0 Å². The molecule has 0 heterocycles. The van der Waals surface area contributed by atoms with Crippen LogP contribution in [0.25, 0.3) is 0 Å². The molecule has 0 aromatic heterocycles. The molecule has 0 radical (unpaired) electrons. The van der Waals surface area contributed by atoms with Crippen LogP contribution in [0.15, 0.2) is 0 Å². The van der Waals surface area contributed by atoms with E-state index in [0.717, 1.165) is 0 Å². The highest BCUT2D eigenvalue weighted by Crippen LogP contribution is 2.10. The van der Waals surface area contributed by atoms with Crippen LogP contribution in [-0.4, -0.2) is 33.9 Å². The number of rotatable bonds is 5.